The minimum Gasteiger partial charge on any atom is -0.338 e. The van der Waals surface area contributed by atoms with Gasteiger partial charge in [0.1, 0.15) is 0 Å². The third-order valence-corrected chi connectivity index (χ3v) is 3.94. The molecule has 4 heteroatoms. The van der Waals surface area contributed by atoms with Crippen molar-refractivity contribution in [1.82, 2.24) is 10.6 Å². The summed E-state index contributed by atoms with van der Waals surface area (Å²) >= 11 is 1.77. The van der Waals surface area contributed by atoms with E-state index in [1.807, 2.05) is 0 Å². The molecule has 1 saturated carbocycles. The van der Waals surface area contributed by atoms with E-state index in [1.54, 1.807) is 11.8 Å². The zero-order valence-corrected chi connectivity index (χ0v) is 11.6. The topological polar surface area (TPSA) is 41.1 Å². The van der Waals surface area contributed by atoms with Crippen LogP contribution in [0.4, 0.5) is 4.79 Å². The number of benzene rings is 1. The number of thioether (sulfide) groups is 1. The average molecular weight is 264 g/mol. The molecule has 1 aliphatic rings. The van der Waals surface area contributed by atoms with Gasteiger partial charge in [0.05, 0.1) is 0 Å². The third kappa shape index (κ3) is 5.00. The standard InChI is InChI=1S/C14H20N2OS/c1-11-2-6-13(7-3-11)18-9-8-15-14(17)16-10-12-4-5-12/h2-3,6-7,12H,4-5,8-10H2,1H3,(H2,15,16,17). The van der Waals surface area contributed by atoms with Crippen LogP contribution in [-0.2, 0) is 0 Å². The van der Waals surface area contributed by atoms with Crippen LogP contribution in [0.15, 0.2) is 29.2 Å². The molecule has 98 valence electrons. The van der Waals surface area contributed by atoms with Gasteiger partial charge < -0.3 is 10.6 Å². The van der Waals surface area contributed by atoms with Gasteiger partial charge in [-0.25, -0.2) is 4.79 Å². The lowest BCUT2D eigenvalue weighted by atomic mass is 10.2. The number of carbonyl (C=O) groups excluding carboxylic acids is 1. The van der Waals surface area contributed by atoms with E-state index in [9.17, 15) is 4.79 Å². The molecule has 1 aromatic carbocycles. The quantitative estimate of drug-likeness (QED) is 0.613. The maximum Gasteiger partial charge on any atom is 0.314 e. The normalized spacial score (nSPS) is 14.3. The SMILES string of the molecule is Cc1ccc(SCCNC(=O)NCC2CC2)cc1. The maximum absolute atomic E-state index is 11.4. The van der Waals surface area contributed by atoms with Crippen molar-refractivity contribution >= 4 is 17.8 Å². The van der Waals surface area contributed by atoms with Gasteiger partial charge in [0.25, 0.3) is 0 Å². The maximum atomic E-state index is 11.4. The summed E-state index contributed by atoms with van der Waals surface area (Å²) in [5.41, 5.74) is 1.27. The van der Waals surface area contributed by atoms with Crippen molar-refractivity contribution in [2.24, 2.45) is 5.92 Å². The number of urea groups is 1. The zero-order valence-electron chi connectivity index (χ0n) is 10.7. The number of carbonyl (C=O) groups is 1. The fourth-order valence-electron chi connectivity index (χ4n) is 1.59. The van der Waals surface area contributed by atoms with E-state index in [2.05, 4.69) is 41.8 Å². The Bertz CT molecular complexity index is 387. The number of nitrogens with one attached hydrogen (secondary N) is 2. The Kier molecular flexibility index (Phi) is 4.93. The minimum absolute atomic E-state index is 0.0357. The van der Waals surface area contributed by atoms with Crippen LogP contribution in [0.5, 0.6) is 0 Å². The van der Waals surface area contributed by atoms with E-state index in [0.29, 0.717) is 6.54 Å². The summed E-state index contributed by atoms with van der Waals surface area (Å²) in [6.07, 6.45) is 2.53. The Morgan fingerprint density at radius 2 is 2.00 bits per heavy atom. The number of rotatable bonds is 6. The molecule has 0 atom stereocenters. The van der Waals surface area contributed by atoms with Crippen molar-refractivity contribution in [2.75, 3.05) is 18.8 Å². The molecule has 3 nitrogen and oxygen atoms in total. The van der Waals surface area contributed by atoms with E-state index < -0.39 is 0 Å². The van der Waals surface area contributed by atoms with Crippen LogP contribution in [-0.4, -0.2) is 24.9 Å². The van der Waals surface area contributed by atoms with Crippen LogP contribution < -0.4 is 10.6 Å². The number of hydrogen-bond acceptors (Lipinski definition) is 2. The van der Waals surface area contributed by atoms with Crippen molar-refractivity contribution in [3.05, 3.63) is 29.8 Å². The Morgan fingerprint density at radius 1 is 1.28 bits per heavy atom. The molecule has 0 aromatic heterocycles. The zero-order chi connectivity index (χ0) is 12.8. The fourth-order valence-corrected chi connectivity index (χ4v) is 2.36. The lowest BCUT2D eigenvalue weighted by Gasteiger charge is -2.07. The Hall–Kier alpha value is -1.16. The molecule has 2 N–H and O–H groups in total. The van der Waals surface area contributed by atoms with Crippen molar-refractivity contribution in [1.29, 1.82) is 0 Å². The second-order valence-corrected chi connectivity index (χ2v) is 5.91. The molecule has 0 bridgehead atoms. The summed E-state index contributed by atoms with van der Waals surface area (Å²) in [6.45, 7) is 3.62. The molecule has 0 aliphatic heterocycles. The highest BCUT2D eigenvalue weighted by molar-refractivity contribution is 7.99. The van der Waals surface area contributed by atoms with Gasteiger partial charge in [-0.2, -0.15) is 0 Å². The Balaban J connectivity index is 1.54. The van der Waals surface area contributed by atoms with Crippen LogP contribution in [0.3, 0.4) is 0 Å². The second kappa shape index (κ2) is 6.69. The smallest absolute Gasteiger partial charge is 0.314 e. The highest BCUT2D eigenvalue weighted by Gasteiger charge is 2.21. The third-order valence-electron chi connectivity index (χ3n) is 2.93. The van der Waals surface area contributed by atoms with Gasteiger partial charge in [0, 0.05) is 23.7 Å². The van der Waals surface area contributed by atoms with Crippen LogP contribution in [0.25, 0.3) is 0 Å². The molecular weight excluding hydrogens is 244 g/mol. The summed E-state index contributed by atoms with van der Waals surface area (Å²) in [5, 5.41) is 5.77. The summed E-state index contributed by atoms with van der Waals surface area (Å²) in [7, 11) is 0. The van der Waals surface area contributed by atoms with Crippen LogP contribution in [0.1, 0.15) is 18.4 Å². The molecule has 1 aromatic rings. The van der Waals surface area contributed by atoms with E-state index in [1.165, 1.54) is 23.3 Å². The Labute approximate surface area is 113 Å². The highest BCUT2D eigenvalue weighted by Crippen LogP contribution is 2.27. The molecule has 1 aliphatic carbocycles. The van der Waals surface area contributed by atoms with Gasteiger partial charge in [-0.1, -0.05) is 17.7 Å². The van der Waals surface area contributed by atoms with Gasteiger partial charge in [-0.05, 0) is 37.8 Å². The largest absolute Gasteiger partial charge is 0.338 e. The van der Waals surface area contributed by atoms with Crippen molar-refractivity contribution in [3.8, 4) is 0 Å². The number of hydrogen-bond donors (Lipinski definition) is 2. The van der Waals surface area contributed by atoms with Crippen molar-refractivity contribution in [2.45, 2.75) is 24.7 Å². The first-order valence-corrected chi connectivity index (χ1v) is 7.44. The molecular formula is C14H20N2OS. The molecule has 0 saturated heterocycles. The number of amides is 2. The summed E-state index contributed by atoms with van der Waals surface area (Å²) in [5.74, 6) is 1.64. The molecule has 2 rings (SSSR count). The first-order chi connectivity index (χ1) is 8.74. The lowest BCUT2D eigenvalue weighted by molar-refractivity contribution is 0.241. The van der Waals surface area contributed by atoms with Crippen molar-refractivity contribution < 1.29 is 4.79 Å². The predicted molar refractivity (Wildman–Crippen MR) is 76.0 cm³/mol. The van der Waals surface area contributed by atoms with Gasteiger partial charge in [-0.3, -0.25) is 0 Å². The molecule has 1 fully saturated rings. The first-order valence-electron chi connectivity index (χ1n) is 6.45. The molecule has 0 radical (unpaired) electrons. The summed E-state index contributed by atoms with van der Waals surface area (Å²) in [6, 6.07) is 8.42. The minimum atomic E-state index is -0.0357. The predicted octanol–water partition coefficient (Wildman–Crippen LogP) is 2.80. The van der Waals surface area contributed by atoms with Crippen LogP contribution in [0.2, 0.25) is 0 Å². The molecule has 2 amide bonds. The fraction of sp³-hybridized carbons (Fsp3) is 0.500. The Morgan fingerprint density at radius 3 is 2.67 bits per heavy atom. The van der Waals surface area contributed by atoms with Gasteiger partial charge in [0.2, 0.25) is 0 Å². The van der Waals surface area contributed by atoms with Gasteiger partial charge in [-0.15, -0.1) is 11.8 Å². The lowest BCUT2D eigenvalue weighted by Crippen LogP contribution is -2.37. The van der Waals surface area contributed by atoms with Gasteiger partial charge in [0.15, 0.2) is 0 Å². The summed E-state index contributed by atoms with van der Waals surface area (Å²) < 4.78 is 0. The molecule has 0 heterocycles. The number of aryl methyl sites for hydroxylation is 1. The van der Waals surface area contributed by atoms with Crippen LogP contribution in [0, 0.1) is 12.8 Å². The van der Waals surface area contributed by atoms with Crippen molar-refractivity contribution in [3.63, 3.8) is 0 Å². The first kappa shape index (κ1) is 13.3. The second-order valence-electron chi connectivity index (χ2n) is 4.74. The monoisotopic (exact) mass is 264 g/mol. The van der Waals surface area contributed by atoms with Gasteiger partial charge >= 0.3 is 6.03 Å². The van der Waals surface area contributed by atoms with Crippen LogP contribution >= 0.6 is 11.8 Å². The van der Waals surface area contributed by atoms with E-state index >= 15 is 0 Å². The molecule has 0 spiro atoms. The van der Waals surface area contributed by atoms with E-state index in [-0.39, 0.29) is 6.03 Å². The summed E-state index contributed by atoms with van der Waals surface area (Å²) in [4.78, 5) is 12.7. The highest BCUT2D eigenvalue weighted by atomic mass is 32.2. The molecule has 0 unspecified atom stereocenters. The van der Waals surface area contributed by atoms with E-state index in [4.69, 9.17) is 0 Å². The molecule has 18 heavy (non-hydrogen) atoms. The average Bonchev–Trinajstić information content (AvgIpc) is 3.18. The van der Waals surface area contributed by atoms with E-state index in [0.717, 1.165) is 18.2 Å².